The van der Waals surface area contributed by atoms with Crippen molar-refractivity contribution >= 4 is 11.8 Å². The van der Waals surface area contributed by atoms with Gasteiger partial charge < -0.3 is 0 Å². The normalized spacial score (nSPS) is 15.8. The highest BCUT2D eigenvalue weighted by atomic mass is 32.2. The molecule has 0 unspecified atom stereocenters. The molecule has 5 heteroatoms. The number of rotatable bonds is 2. The molecule has 1 aromatic heterocycles. The Balaban J connectivity index is 1.99. The zero-order chi connectivity index (χ0) is 13.4. The Morgan fingerprint density at radius 1 is 1.26 bits per heavy atom. The minimum Gasteiger partial charge on any atom is -0.288 e. The van der Waals surface area contributed by atoms with Crippen LogP contribution in [0.5, 0.6) is 0 Å². The van der Waals surface area contributed by atoms with Crippen LogP contribution in [0.2, 0.25) is 0 Å². The first-order valence-electron chi connectivity index (χ1n) is 6.52. The van der Waals surface area contributed by atoms with Gasteiger partial charge in [-0.2, -0.15) is 0 Å². The minimum absolute atomic E-state index is 0.536. The Labute approximate surface area is 117 Å². The molecular formula is C14H18N4S. The van der Waals surface area contributed by atoms with E-state index in [0.717, 1.165) is 29.1 Å². The van der Waals surface area contributed by atoms with Crippen molar-refractivity contribution in [3.8, 4) is 11.4 Å². The summed E-state index contributed by atoms with van der Waals surface area (Å²) in [6.07, 6.45) is 0. The van der Waals surface area contributed by atoms with Gasteiger partial charge in [0.25, 0.3) is 0 Å². The summed E-state index contributed by atoms with van der Waals surface area (Å²) < 4.78 is 2.21. The second kappa shape index (κ2) is 4.98. The van der Waals surface area contributed by atoms with Crippen LogP contribution >= 0.6 is 11.8 Å². The molecule has 4 nitrogen and oxygen atoms in total. The lowest BCUT2D eigenvalue weighted by molar-refractivity contribution is 0.193. The van der Waals surface area contributed by atoms with Gasteiger partial charge in [0.15, 0.2) is 11.0 Å². The van der Waals surface area contributed by atoms with E-state index in [2.05, 4.69) is 64.7 Å². The number of aromatic nitrogens is 3. The Hall–Kier alpha value is -1.33. The summed E-state index contributed by atoms with van der Waals surface area (Å²) in [5.41, 5.74) is 2.39. The molecule has 0 bridgehead atoms. The number of aryl methyl sites for hydroxylation is 1. The smallest absolute Gasteiger partial charge is 0.193 e. The molecule has 0 atom stereocenters. The third-order valence-corrected chi connectivity index (χ3v) is 4.43. The Bertz CT molecular complexity index is 591. The van der Waals surface area contributed by atoms with Gasteiger partial charge >= 0.3 is 0 Å². The average molecular weight is 274 g/mol. The van der Waals surface area contributed by atoms with Crippen molar-refractivity contribution in [3.63, 3.8) is 0 Å². The van der Waals surface area contributed by atoms with Crippen molar-refractivity contribution in [2.24, 2.45) is 0 Å². The van der Waals surface area contributed by atoms with Crippen LogP contribution in [0.1, 0.15) is 19.4 Å². The van der Waals surface area contributed by atoms with Crippen LogP contribution < -0.4 is 0 Å². The fraction of sp³-hybridized carbons (Fsp3) is 0.429. The van der Waals surface area contributed by atoms with E-state index in [1.54, 1.807) is 11.8 Å². The molecule has 0 N–H and O–H groups in total. The summed E-state index contributed by atoms with van der Waals surface area (Å²) in [6.45, 7) is 7.42. The molecule has 1 aromatic carbocycles. The van der Waals surface area contributed by atoms with Crippen LogP contribution in [-0.4, -0.2) is 31.6 Å². The number of nitrogens with zero attached hydrogens (tertiary/aromatic N) is 4. The van der Waals surface area contributed by atoms with Crippen molar-refractivity contribution in [2.45, 2.75) is 38.6 Å². The van der Waals surface area contributed by atoms with E-state index >= 15 is 0 Å². The van der Waals surface area contributed by atoms with Gasteiger partial charge in [0.1, 0.15) is 0 Å². The van der Waals surface area contributed by atoms with Gasteiger partial charge in [0.2, 0.25) is 0 Å². The Morgan fingerprint density at radius 3 is 2.84 bits per heavy atom. The highest BCUT2D eigenvalue weighted by Crippen LogP contribution is 2.29. The maximum absolute atomic E-state index is 4.37. The molecule has 0 radical (unpaired) electrons. The predicted octanol–water partition coefficient (Wildman–Crippen LogP) is 2.98. The monoisotopic (exact) mass is 274 g/mol. The quantitative estimate of drug-likeness (QED) is 0.843. The summed E-state index contributed by atoms with van der Waals surface area (Å²) in [6, 6.07) is 8.97. The minimum atomic E-state index is 0.536. The maximum Gasteiger partial charge on any atom is 0.193 e. The molecule has 1 aliphatic rings. The highest BCUT2D eigenvalue weighted by molar-refractivity contribution is 7.99. The van der Waals surface area contributed by atoms with Crippen LogP contribution in [0.25, 0.3) is 11.4 Å². The lowest BCUT2D eigenvalue weighted by atomic mass is 10.1. The SMILES string of the molecule is Cc1cccc(-c2nnc3n2CN(C(C)C)CS3)c1. The first-order valence-corrected chi connectivity index (χ1v) is 7.51. The molecule has 2 heterocycles. The number of fused-ring (bicyclic) bond motifs is 1. The zero-order valence-corrected chi connectivity index (χ0v) is 12.3. The summed E-state index contributed by atoms with van der Waals surface area (Å²) >= 11 is 1.76. The molecule has 1 aliphatic heterocycles. The van der Waals surface area contributed by atoms with E-state index in [4.69, 9.17) is 0 Å². The van der Waals surface area contributed by atoms with Gasteiger partial charge in [-0.1, -0.05) is 35.5 Å². The van der Waals surface area contributed by atoms with Gasteiger partial charge in [0.05, 0.1) is 12.5 Å². The van der Waals surface area contributed by atoms with Crippen molar-refractivity contribution in [2.75, 3.05) is 5.88 Å². The lowest BCUT2D eigenvalue weighted by Crippen LogP contribution is -2.35. The Morgan fingerprint density at radius 2 is 2.11 bits per heavy atom. The molecule has 100 valence electrons. The molecule has 0 saturated heterocycles. The van der Waals surface area contributed by atoms with Crippen LogP contribution in [-0.2, 0) is 6.67 Å². The molecule has 0 fully saturated rings. The molecular weight excluding hydrogens is 256 g/mol. The van der Waals surface area contributed by atoms with Crippen molar-refractivity contribution in [1.82, 2.24) is 19.7 Å². The van der Waals surface area contributed by atoms with Gasteiger partial charge in [-0.3, -0.25) is 9.47 Å². The predicted molar refractivity (Wildman–Crippen MR) is 77.9 cm³/mol. The van der Waals surface area contributed by atoms with Gasteiger partial charge in [-0.05, 0) is 26.8 Å². The number of benzene rings is 1. The summed E-state index contributed by atoms with van der Waals surface area (Å²) in [5.74, 6) is 1.96. The van der Waals surface area contributed by atoms with Gasteiger partial charge in [0, 0.05) is 11.6 Å². The molecule has 19 heavy (non-hydrogen) atoms. The summed E-state index contributed by atoms with van der Waals surface area (Å²) in [5, 5.41) is 9.70. The van der Waals surface area contributed by atoms with E-state index < -0.39 is 0 Å². The summed E-state index contributed by atoms with van der Waals surface area (Å²) in [7, 11) is 0. The maximum atomic E-state index is 4.37. The van der Waals surface area contributed by atoms with Gasteiger partial charge in [-0.15, -0.1) is 10.2 Å². The lowest BCUT2D eigenvalue weighted by Gasteiger charge is -2.30. The van der Waals surface area contributed by atoms with E-state index in [1.807, 2.05) is 0 Å². The van der Waals surface area contributed by atoms with Crippen molar-refractivity contribution in [1.29, 1.82) is 0 Å². The fourth-order valence-electron chi connectivity index (χ4n) is 2.20. The fourth-order valence-corrected chi connectivity index (χ4v) is 3.26. The number of thioether (sulfide) groups is 1. The standard InChI is InChI=1S/C14H18N4S/c1-10(2)17-8-18-13(15-16-14(18)19-9-17)12-6-4-5-11(3)7-12/h4-7,10H,8-9H2,1-3H3. The van der Waals surface area contributed by atoms with Crippen LogP contribution in [0.4, 0.5) is 0 Å². The third-order valence-electron chi connectivity index (χ3n) is 3.41. The van der Waals surface area contributed by atoms with Crippen LogP contribution in [0.3, 0.4) is 0 Å². The molecule has 2 aromatic rings. The van der Waals surface area contributed by atoms with E-state index in [0.29, 0.717) is 6.04 Å². The first-order chi connectivity index (χ1) is 9.15. The molecule has 0 amide bonds. The molecule has 0 spiro atoms. The second-order valence-corrected chi connectivity index (χ2v) is 6.11. The topological polar surface area (TPSA) is 34.0 Å². The van der Waals surface area contributed by atoms with E-state index in [1.165, 1.54) is 5.56 Å². The summed E-state index contributed by atoms with van der Waals surface area (Å²) in [4.78, 5) is 2.42. The molecule has 3 rings (SSSR count). The Kier molecular flexibility index (Phi) is 3.33. The highest BCUT2D eigenvalue weighted by Gasteiger charge is 2.23. The average Bonchev–Trinajstić information content (AvgIpc) is 2.81. The largest absolute Gasteiger partial charge is 0.288 e. The van der Waals surface area contributed by atoms with Crippen LogP contribution in [0.15, 0.2) is 29.4 Å². The van der Waals surface area contributed by atoms with Crippen molar-refractivity contribution < 1.29 is 0 Å². The number of hydrogen-bond donors (Lipinski definition) is 0. The van der Waals surface area contributed by atoms with Crippen molar-refractivity contribution in [3.05, 3.63) is 29.8 Å². The van der Waals surface area contributed by atoms with Gasteiger partial charge in [-0.25, -0.2) is 0 Å². The molecule has 0 aliphatic carbocycles. The van der Waals surface area contributed by atoms with E-state index in [9.17, 15) is 0 Å². The first kappa shape index (κ1) is 12.7. The second-order valence-electron chi connectivity index (χ2n) is 5.20. The number of hydrogen-bond acceptors (Lipinski definition) is 4. The molecule has 0 saturated carbocycles. The third kappa shape index (κ3) is 2.40. The van der Waals surface area contributed by atoms with E-state index in [-0.39, 0.29) is 0 Å². The zero-order valence-electron chi connectivity index (χ0n) is 11.5. The van der Waals surface area contributed by atoms with Crippen LogP contribution in [0, 0.1) is 6.92 Å².